The first-order valence-electron chi connectivity index (χ1n) is 8.21. The lowest BCUT2D eigenvalue weighted by Crippen LogP contribution is -2.18. The molecule has 1 amide bonds. The highest BCUT2D eigenvalue weighted by Gasteiger charge is 2.12. The number of aromatic hydroxyl groups is 1. The van der Waals surface area contributed by atoms with Gasteiger partial charge in [-0.15, -0.1) is 0 Å². The Morgan fingerprint density at radius 2 is 2.08 bits per heavy atom. The molecule has 0 saturated carbocycles. The van der Waals surface area contributed by atoms with Crippen molar-refractivity contribution < 1.29 is 14.6 Å². The van der Waals surface area contributed by atoms with Crippen LogP contribution in [0, 0.1) is 0 Å². The molecule has 1 aromatic heterocycles. The third-order valence-electron chi connectivity index (χ3n) is 3.96. The topological polar surface area (TPSA) is 83.8 Å². The van der Waals surface area contributed by atoms with E-state index in [-0.39, 0.29) is 11.7 Å². The highest BCUT2D eigenvalue weighted by atomic mass is 16.5. The van der Waals surface area contributed by atoms with E-state index < -0.39 is 0 Å². The van der Waals surface area contributed by atoms with Crippen LogP contribution in [0.2, 0.25) is 0 Å². The van der Waals surface area contributed by atoms with Gasteiger partial charge in [-0.05, 0) is 42.3 Å². The maximum Gasteiger partial charge on any atom is 0.272 e. The Labute approximate surface area is 151 Å². The van der Waals surface area contributed by atoms with Gasteiger partial charge in [-0.3, -0.25) is 9.78 Å². The minimum Gasteiger partial charge on any atom is -0.504 e. The van der Waals surface area contributed by atoms with Gasteiger partial charge in [0.2, 0.25) is 0 Å². The van der Waals surface area contributed by atoms with Gasteiger partial charge in [0.15, 0.2) is 11.5 Å². The number of benzene rings is 2. The fraction of sp³-hybridized carbons (Fsp3) is 0.150. The van der Waals surface area contributed by atoms with Crippen molar-refractivity contribution in [2.24, 2.45) is 5.10 Å². The number of methoxy groups -OCH3 is 1. The Hall–Kier alpha value is -3.41. The second kappa shape index (κ2) is 7.65. The zero-order valence-electron chi connectivity index (χ0n) is 14.6. The number of fused-ring (bicyclic) bond motifs is 1. The van der Waals surface area contributed by atoms with E-state index in [9.17, 15) is 9.90 Å². The van der Waals surface area contributed by atoms with Crippen LogP contribution in [0.25, 0.3) is 10.9 Å². The number of amides is 1. The van der Waals surface area contributed by atoms with Gasteiger partial charge in [-0.2, -0.15) is 5.10 Å². The summed E-state index contributed by atoms with van der Waals surface area (Å²) >= 11 is 0. The number of aryl methyl sites for hydroxylation is 1. The second-order valence-corrected chi connectivity index (χ2v) is 5.66. The molecule has 6 nitrogen and oxygen atoms in total. The lowest BCUT2D eigenvalue weighted by Gasteiger charge is -2.07. The van der Waals surface area contributed by atoms with E-state index in [2.05, 4.69) is 15.5 Å². The Morgan fingerprint density at radius 1 is 1.27 bits per heavy atom. The summed E-state index contributed by atoms with van der Waals surface area (Å²) in [5.41, 5.74) is 5.40. The van der Waals surface area contributed by atoms with Crippen LogP contribution in [-0.2, 0) is 6.42 Å². The standard InChI is InChI=1S/C20H19N3O3/c1-3-14-11-16(15-6-4-5-7-17(15)22-14)20(25)23-21-12-13-8-9-18(24)19(10-13)26-2/h4-12,24H,3H2,1-2H3,(H,23,25). The highest BCUT2D eigenvalue weighted by Crippen LogP contribution is 2.25. The molecule has 0 aliphatic heterocycles. The Balaban J connectivity index is 1.83. The molecule has 1 heterocycles. The summed E-state index contributed by atoms with van der Waals surface area (Å²) in [6.45, 7) is 2.00. The van der Waals surface area contributed by atoms with Gasteiger partial charge in [0.05, 0.1) is 24.4 Å². The molecule has 3 rings (SSSR count). The van der Waals surface area contributed by atoms with Crippen molar-refractivity contribution in [1.29, 1.82) is 0 Å². The molecule has 26 heavy (non-hydrogen) atoms. The number of carbonyl (C=O) groups excluding carboxylic acids is 1. The zero-order chi connectivity index (χ0) is 18.5. The smallest absolute Gasteiger partial charge is 0.272 e. The fourth-order valence-electron chi connectivity index (χ4n) is 2.60. The predicted octanol–water partition coefficient (Wildman–Crippen LogP) is 3.28. The van der Waals surface area contributed by atoms with Crippen LogP contribution < -0.4 is 10.2 Å². The minimum atomic E-state index is -0.305. The van der Waals surface area contributed by atoms with Crippen LogP contribution in [0.15, 0.2) is 53.6 Å². The molecule has 0 spiro atoms. The number of ether oxygens (including phenoxy) is 1. The SMILES string of the molecule is CCc1cc(C(=O)NN=Cc2ccc(O)c(OC)c2)c2ccccc2n1. The van der Waals surface area contributed by atoms with E-state index in [1.807, 2.05) is 31.2 Å². The van der Waals surface area contributed by atoms with Crippen molar-refractivity contribution in [1.82, 2.24) is 10.4 Å². The molecular weight excluding hydrogens is 330 g/mol. The molecule has 0 saturated heterocycles. The van der Waals surface area contributed by atoms with Crippen LogP contribution in [0.1, 0.15) is 28.5 Å². The Bertz CT molecular complexity index is 983. The summed E-state index contributed by atoms with van der Waals surface area (Å²) in [7, 11) is 1.47. The average molecular weight is 349 g/mol. The number of nitrogens with zero attached hydrogens (tertiary/aromatic N) is 2. The van der Waals surface area contributed by atoms with Crippen LogP contribution >= 0.6 is 0 Å². The van der Waals surface area contributed by atoms with E-state index in [1.165, 1.54) is 19.4 Å². The number of carbonyl (C=O) groups is 1. The first kappa shape index (κ1) is 17.4. The number of nitrogens with one attached hydrogen (secondary N) is 1. The van der Waals surface area contributed by atoms with Crippen molar-refractivity contribution in [2.75, 3.05) is 7.11 Å². The first-order chi connectivity index (χ1) is 12.6. The Kier molecular flexibility index (Phi) is 5.12. The lowest BCUT2D eigenvalue weighted by molar-refractivity contribution is 0.0956. The van der Waals surface area contributed by atoms with Gasteiger partial charge in [-0.1, -0.05) is 25.1 Å². The van der Waals surface area contributed by atoms with E-state index in [0.29, 0.717) is 16.9 Å². The molecule has 2 N–H and O–H groups in total. The molecular formula is C20H19N3O3. The van der Waals surface area contributed by atoms with Crippen LogP contribution in [0.5, 0.6) is 11.5 Å². The molecule has 0 radical (unpaired) electrons. The van der Waals surface area contributed by atoms with Crippen LogP contribution in [0.3, 0.4) is 0 Å². The fourth-order valence-corrected chi connectivity index (χ4v) is 2.60. The number of aromatic nitrogens is 1. The summed E-state index contributed by atoms with van der Waals surface area (Å²) in [4.78, 5) is 17.1. The molecule has 0 fully saturated rings. The molecule has 0 aliphatic rings. The quantitative estimate of drug-likeness (QED) is 0.547. The average Bonchev–Trinajstić information content (AvgIpc) is 2.68. The number of pyridine rings is 1. The van der Waals surface area contributed by atoms with Crippen LogP contribution in [0.4, 0.5) is 0 Å². The third-order valence-corrected chi connectivity index (χ3v) is 3.96. The third kappa shape index (κ3) is 3.64. The number of para-hydroxylation sites is 1. The van der Waals surface area contributed by atoms with E-state index in [4.69, 9.17) is 4.74 Å². The van der Waals surface area contributed by atoms with Gasteiger partial charge < -0.3 is 9.84 Å². The zero-order valence-corrected chi connectivity index (χ0v) is 14.6. The van der Waals surface area contributed by atoms with Gasteiger partial charge in [0.1, 0.15) is 0 Å². The van der Waals surface area contributed by atoms with Gasteiger partial charge in [0.25, 0.3) is 5.91 Å². The maximum atomic E-state index is 12.6. The normalized spacial score (nSPS) is 11.0. The molecule has 132 valence electrons. The molecule has 2 aromatic carbocycles. The maximum absolute atomic E-state index is 12.6. The molecule has 0 bridgehead atoms. The van der Waals surface area contributed by atoms with Crippen molar-refractivity contribution in [3.8, 4) is 11.5 Å². The van der Waals surface area contributed by atoms with E-state index in [0.717, 1.165) is 23.0 Å². The van der Waals surface area contributed by atoms with Crippen molar-refractivity contribution in [2.45, 2.75) is 13.3 Å². The number of rotatable bonds is 5. The molecule has 0 atom stereocenters. The summed E-state index contributed by atoms with van der Waals surface area (Å²) in [6.07, 6.45) is 2.23. The largest absolute Gasteiger partial charge is 0.504 e. The number of phenolic OH excluding ortho intramolecular Hbond substituents is 1. The summed E-state index contributed by atoms with van der Waals surface area (Å²) in [6, 6.07) is 14.1. The number of hydrogen-bond acceptors (Lipinski definition) is 5. The van der Waals surface area contributed by atoms with Crippen molar-refractivity contribution in [3.63, 3.8) is 0 Å². The van der Waals surface area contributed by atoms with Crippen LogP contribution in [-0.4, -0.2) is 29.3 Å². The molecule has 3 aromatic rings. The summed E-state index contributed by atoms with van der Waals surface area (Å²) in [5, 5.41) is 14.4. The Morgan fingerprint density at radius 3 is 2.85 bits per heavy atom. The van der Waals surface area contributed by atoms with Gasteiger partial charge in [0, 0.05) is 11.1 Å². The summed E-state index contributed by atoms with van der Waals surface area (Å²) < 4.78 is 5.05. The van der Waals surface area contributed by atoms with Crippen molar-refractivity contribution >= 4 is 23.0 Å². The summed E-state index contributed by atoms with van der Waals surface area (Å²) in [5.74, 6) is 0.0809. The highest BCUT2D eigenvalue weighted by molar-refractivity contribution is 6.06. The minimum absolute atomic E-state index is 0.0454. The van der Waals surface area contributed by atoms with Gasteiger partial charge >= 0.3 is 0 Å². The number of hydrogen-bond donors (Lipinski definition) is 2. The molecule has 6 heteroatoms. The second-order valence-electron chi connectivity index (χ2n) is 5.66. The van der Waals surface area contributed by atoms with Crippen molar-refractivity contribution in [3.05, 3.63) is 65.4 Å². The number of hydrazone groups is 1. The van der Waals surface area contributed by atoms with Gasteiger partial charge in [-0.25, -0.2) is 5.43 Å². The monoisotopic (exact) mass is 349 g/mol. The lowest BCUT2D eigenvalue weighted by atomic mass is 10.1. The van der Waals surface area contributed by atoms with E-state index in [1.54, 1.807) is 18.2 Å². The first-order valence-corrected chi connectivity index (χ1v) is 8.21. The number of phenols is 1. The predicted molar refractivity (Wildman–Crippen MR) is 101 cm³/mol. The molecule has 0 unspecified atom stereocenters. The molecule has 0 aliphatic carbocycles. The van der Waals surface area contributed by atoms with E-state index >= 15 is 0 Å².